The minimum absolute atomic E-state index is 0.101. The van der Waals surface area contributed by atoms with Crippen LogP contribution in [0.2, 0.25) is 5.02 Å². The predicted molar refractivity (Wildman–Crippen MR) is 84.1 cm³/mol. The molecule has 3 N–H and O–H groups in total. The Labute approximate surface area is 130 Å². The lowest BCUT2D eigenvalue weighted by Crippen LogP contribution is -2.20. The second-order valence-electron chi connectivity index (χ2n) is 4.03. The SMILES string of the molecule is Nc1ccc(OCC(=O)Nc2ccc(Br)cc2)cc1Cl. The third kappa shape index (κ3) is 4.15. The van der Waals surface area contributed by atoms with Gasteiger partial charge >= 0.3 is 0 Å². The minimum atomic E-state index is -0.250. The Morgan fingerprint density at radius 1 is 1.25 bits per heavy atom. The first-order valence-corrected chi connectivity index (χ1v) is 6.95. The van der Waals surface area contributed by atoms with Crippen LogP contribution in [0.3, 0.4) is 0 Å². The molecule has 2 rings (SSSR count). The van der Waals surface area contributed by atoms with Crippen molar-refractivity contribution in [1.29, 1.82) is 0 Å². The number of benzene rings is 2. The standard InChI is InChI=1S/C14H12BrClN2O2/c15-9-1-3-10(4-2-9)18-14(19)8-20-11-5-6-13(17)12(16)7-11/h1-7H,8,17H2,(H,18,19). The van der Waals surface area contributed by atoms with Crippen molar-refractivity contribution in [2.75, 3.05) is 17.7 Å². The van der Waals surface area contributed by atoms with E-state index in [0.717, 1.165) is 4.47 Å². The zero-order valence-electron chi connectivity index (χ0n) is 10.4. The smallest absolute Gasteiger partial charge is 0.262 e. The average Bonchev–Trinajstić information content (AvgIpc) is 2.43. The number of hydrogen-bond donors (Lipinski definition) is 2. The van der Waals surface area contributed by atoms with Gasteiger partial charge in [0.1, 0.15) is 5.75 Å². The molecular formula is C14H12BrClN2O2. The fourth-order valence-electron chi connectivity index (χ4n) is 1.48. The third-order valence-electron chi connectivity index (χ3n) is 2.47. The number of nitrogens with one attached hydrogen (secondary N) is 1. The van der Waals surface area contributed by atoms with E-state index < -0.39 is 0 Å². The van der Waals surface area contributed by atoms with Gasteiger partial charge in [-0.25, -0.2) is 0 Å². The van der Waals surface area contributed by atoms with E-state index in [-0.39, 0.29) is 12.5 Å². The van der Waals surface area contributed by atoms with E-state index in [0.29, 0.717) is 22.1 Å². The van der Waals surface area contributed by atoms with E-state index in [9.17, 15) is 4.79 Å². The van der Waals surface area contributed by atoms with Crippen LogP contribution in [-0.2, 0) is 4.79 Å². The monoisotopic (exact) mass is 354 g/mol. The second-order valence-corrected chi connectivity index (χ2v) is 5.35. The van der Waals surface area contributed by atoms with Crippen LogP contribution in [0.1, 0.15) is 0 Å². The summed E-state index contributed by atoms with van der Waals surface area (Å²) in [5.74, 6) is 0.246. The molecule has 0 fully saturated rings. The summed E-state index contributed by atoms with van der Waals surface area (Å²) < 4.78 is 6.29. The zero-order chi connectivity index (χ0) is 14.5. The van der Waals surface area contributed by atoms with Crippen molar-refractivity contribution in [2.24, 2.45) is 0 Å². The molecule has 0 saturated carbocycles. The van der Waals surface area contributed by atoms with E-state index in [1.165, 1.54) is 0 Å². The van der Waals surface area contributed by atoms with Gasteiger partial charge in [-0.1, -0.05) is 27.5 Å². The maximum atomic E-state index is 11.7. The van der Waals surface area contributed by atoms with Crippen LogP contribution in [-0.4, -0.2) is 12.5 Å². The number of rotatable bonds is 4. The Balaban J connectivity index is 1.88. The van der Waals surface area contributed by atoms with Crippen molar-refractivity contribution >= 4 is 44.8 Å². The molecule has 0 heterocycles. The Hall–Kier alpha value is -1.72. The van der Waals surface area contributed by atoms with Crippen LogP contribution < -0.4 is 15.8 Å². The molecule has 0 aromatic heterocycles. The Bertz CT molecular complexity index is 617. The molecule has 1 amide bonds. The van der Waals surface area contributed by atoms with Crippen LogP contribution in [0, 0.1) is 0 Å². The molecule has 6 heteroatoms. The molecule has 20 heavy (non-hydrogen) atoms. The van der Waals surface area contributed by atoms with Gasteiger partial charge in [0.15, 0.2) is 6.61 Å². The van der Waals surface area contributed by atoms with Crippen molar-refractivity contribution in [2.45, 2.75) is 0 Å². The van der Waals surface area contributed by atoms with Crippen LogP contribution in [0.4, 0.5) is 11.4 Å². The van der Waals surface area contributed by atoms with Gasteiger partial charge in [0.05, 0.1) is 10.7 Å². The molecule has 2 aromatic carbocycles. The zero-order valence-corrected chi connectivity index (χ0v) is 12.7. The Morgan fingerprint density at radius 2 is 1.95 bits per heavy atom. The molecule has 4 nitrogen and oxygen atoms in total. The van der Waals surface area contributed by atoms with Gasteiger partial charge in [-0.05, 0) is 36.4 Å². The molecule has 0 saturated heterocycles. The highest BCUT2D eigenvalue weighted by Crippen LogP contribution is 2.24. The number of halogens is 2. The molecule has 0 aliphatic heterocycles. The number of nitrogen functional groups attached to an aromatic ring is 1. The lowest BCUT2D eigenvalue weighted by Gasteiger charge is -2.08. The molecule has 0 atom stereocenters. The summed E-state index contributed by atoms with van der Waals surface area (Å²) in [6.07, 6.45) is 0. The van der Waals surface area contributed by atoms with Gasteiger partial charge in [0, 0.05) is 16.2 Å². The summed E-state index contributed by atoms with van der Waals surface area (Å²) in [4.78, 5) is 11.7. The van der Waals surface area contributed by atoms with E-state index in [1.54, 1.807) is 30.3 Å². The van der Waals surface area contributed by atoms with Crippen LogP contribution in [0.5, 0.6) is 5.75 Å². The van der Waals surface area contributed by atoms with Crippen LogP contribution in [0.25, 0.3) is 0 Å². The van der Waals surface area contributed by atoms with Crippen molar-refractivity contribution < 1.29 is 9.53 Å². The highest BCUT2D eigenvalue weighted by atomic mass is 79.9. The van der Waals surface area contributed by atoms with Crippen molar-refractivity contribution in [3.8, 4) is 5.75 Å². The number of carbonyl (C=O) groups excluding carboxylic acids is 1. The highest BCUT2D eigenvalue weighted by molar-refractivity contribution is 9.10. The van der Waals surface area contributed by atoms with Gasteiger partial charge in [0.25, 0.3) is 5.91 Å². The van der Waals surface area contributed by atoms with Gasteiger partial charge in [-0.2, -0.15) is 0 Å². The summed E-state index contributed by atoms with van der Waals surface area (Å²) in [5, 5.41) is 3.12. The van der Waals surface area contributed by atoms with Crippen molar-refractivity contribution in [1.82, 2.24) is 0 Å². The normalized spacial score (nSPS) is 10.1. The topological polar surface area (TPSA) is 64.3 Å². The summed E-state index contributed by atoms with van der Waals surface area (Å²) in [6.45, 7) is -0.101. The molecular weight excluding hydrogens is 344 g/mol. The number of amides is 1. The molecule has 0 unspecified atom stereocenters. The molecule has 2 aromatic rings. The van der Waals surface area contributed by atoms with E-state index >= 15 is 0 Å². The first-order chi connectivity index (χ1) is 9.54. The van der Waals surface area contributed by atoms with Gasteiger partial charge in [0.2, 0.25) is 0 Å². The van der Waals surface area contributed by atoms with E-state index in [4.69, 9.17) is 22.1 Å². The van der Waals surface area contributed by atoms with Crippen molar-refractivity contribution in [3.05, 3.63) is 52.0 Å². The molecule has 0 bridgehead atoms. The maximum Gasteiger partial charge on any atom is 0.262 e. The fraction of sp³-hybridized carbons (Fsp3) is 0.0714. The number of hydrogen-bond acceptors (Lipinski definition) is 3. The van der Waals surface area contributed by atoms with E-state index in [2.05, 4.69) is 21.2 Å². The minimum Gasteiger partial charge on any atom is -0.484 e. The molecule has 104 valence electrons. The van der Waals surface area contributed by atoms with Crippen LogP contribution >= 0.6 is 27.5 Å². The second kappa shape index (κ2) is 6.63. The van der Waals surface area contributed by atoms with Crippen molar-refractivity contribution in [3.63, 3.8) is 0 Å². The molecule has 0 radical (unpaired) electrons. The van der Waals surface area contributed by atoms with Gasteiger partial charge in [-0.3, -0.25) is 4.79 Å². The molecule has 0 aliphatic carbocycles. The number of nitrogens with two attached hydrogens (primary N) is 1. The molecule has 0 spiro atoms. The third-order valence-corrected chi connectivity index (χ3v) is 3.33. The number of anilines is 2. The predicted octanol–water partition coefficient (Wildman–Crippen LogP) is 3.70. The Kier molecular flexibility index (Phi) is 4.87. The summed E-state index contributed by atoms with van der Waals surface area (Å²) in [6, 6.07) is 12.1. The summed E-state index contributed by atoms with van der Waals surface area (Å²) in [7, 11) is 0. The highest BCUT2D eigenvalue weighted by Gasteiger charge is 2.05. The number of ether oxygens (including phenoxy) is 1. The van der Waals surface area contributed by atoms with E-state index in [1.807, 2.05) is 12.1 Å². The average molecular weight is 356 g/mol. The fourth-order valence-corrected chi connectivity index (χ4v) is 1.91. The lowest BCUT2D eigenvalue weighted by molar-refractivity contribution is -0.118. The maximum absolute atomic E-state index is 11.7. The van der Waals surface area contributed by atoms with Gasteiger partial charge < -0.3 is 15.8 Å². The first kappa shape index (κ1) is 14.7. The summed E-state index contributed by atoms with van der Waals surface area (Å²) >= 11 is 9.19. The molecule has 0 aliphatic rings. The van der Waals surface area contributed by atoms with Crippen LogP contribution in [0.15, 0.2) is 46.9 Å². The Morgan fingerprint density at radius 3 is 2.60 bits per heavy atom. The lowest BCUT2D eigenvalue weighted by atomic mass is 10.3. The van der Waals surface area contributed by atoms with Gasteiger partial charge in [-0.15, -0.1) is 0 Å². The first-order valence-electron chi connectivity index (χ1n) is 5.78. The quantitative estimate of drug-likeness (QED) is 0.822. The summed E-state index contributed by atoms with van der Waals surface area (Å²) in [5.41, 5.74) is 6.76. The number of carbonyl (C=O) groups is 1. The largest absolute Gasteiger partial charge is 0.484 e.